The molecule has 0 spiro atoms. The Balaban J connectivity index is 2.38. The van der Waals surface area contributed by atoms with Gasteiger partial charge in [-0.2, -0.15) is 0 Å². The predicted octanol–water partition coefficient (Wildman–Crippen LogP) is 2.06. The van der Waals surface area contributed by atoms with Crippen molar-refractivity contribution in [1.82, 2.24) is 0 Å². The van der Waals surface area contributed by atoms with Crippen LogP contribution < -0.4 is 0 Å². The summed E-state index contributed by atoms with van der Waals surface area (Å²) in [6.45, 7) is 0.789. The highest BCUT2D eigenvalue weighted by Gasteiger charge is 2.40. The molecule has 0 aliphatic carbocycles. The minimum atomic E-state index is -0.444. The molecule has 1 atom stereocenters. The first-order chi connectivity index (χ1) is 6.28. The normalized spacial score (nSPS) is 26.9. The Morgan fingerprint density at radius 2 is 2.15 bits per heavy atom. The van der Waals surface area contributed by atoms with E-state index in [1.165, 1.54) is 0 Å². The highest BCUT2D eigenvalue weighted by atomic mass is 79.9. The molecule has 0 aromatic heterocycles. The van der Waals surface area contributed by atoms with E-state index in [-0.39, 0.29) is 6.61 Å². The van der Waals surface area contributed by atoms with Crippen LogP contribution in [0.4, 0.5) is 0 Å². The van der Waals surface area contributed by atoms with Crippen molar-refractivity contribution in [1.29, 1.82) is 0 Å². The van der Waals surface area contributed by atoms with Gasteiger partial charge in [0.2, 0.25) is 0 Å². The van der Waals surface area contributed by atoms with Crippen molar-refractivity contribution in [3.8, 4) is 0 Å². The Hall–Kier alpha value is -0.380. The lowest BCUT2D eigenvalue weighted by molar-refractivity contribution is -0.177. The van der Waals surface area contributed by atoms with Gasteiger partial charge in [0.25, 0.3) is 0 Å². The van der Waals surface area contributed by atoms with Gasteiger partial charge in [-0.25, -0.2) is 0 Å². The molecule has 1 aromatic rings. The molecule has 0 amide bonds. The van der Waals surface area contributed by atoms with E-state index in [4.69, 9.17) is 4.74 Å². The second-order valence-corrected chi connectivity index (χ2v) is 4.09. The fraction of sp³-hybridized carbons (Fsp3) is 0.400. The number of aliphatic hydroxyl groups is 1. The van der Waals surface area contributed by atoms with Crippen LogP contribution in [-0.4, -0.2) is 18.3 Å². The van der Waals surface area contributed by atoms with Gasteiger partial charge in [-0.3, -0.25) is 0 Å². The number of halogens is 1. The molecule has 1 aliphatic rings. The van der Waals surface area contributed by atoms with Gasteiger partial charge < -0.3 is 9.84 Å². The van der Waals surface area contributed by atoms with Crippen LogP contribution in [0.15, 0.2) is 28.7 Å². The highest BCUT2D eigenvalue weighted by Crippen LogP contribution is 2.40. The molecule has 3 heteroatoms. The summed E-state index contributed by atoms with van der Waals surface area (Å²) in [4.78, 5) is 0. The Kier molecular flexibility index (Phi) is 2.41. The molecule has 0 bridgehead atoms. The van der Waals surface area contributed by atoms with Crippen LogP contribution in [0.1, 0.15) is 12.0 Å². The van der Waals surface area contributed by atoms with Crippen LogP contribution >= 0.6 is 15.9 Å². The molecule has 70 valence electrons. The molecule has 1 saturated heterocycles. The van der Waals surface area contributed by atoms with Crippen LogP contribution in [0.3, 0.4) is 0 Å². The maximum absolute atomic E-state index is 9.27. The number of ether oxygens (including phenoxy) is 1. The quantitative estimate of drug-likeness (QED) is 0.861. The summed E-state index contributed by atoms with van der Waals surface area (Å²) in [6.07, 6.45) is 0.895. The lowest BCUT2D eigenvalue weighted by Gasteiger charge is -2.41. The van der Waals surface area contributed by atoms with E-state index in [1.54, 1.807) is 0 Å². The third kappa shape index (κ3) is 1.41. The van der Waals surface area contributed by atoms with Gasteiger partial charge in [0.05, 0.1) is 13.2 Å². The average molecular weight is 243 g/mol. The molecule has 1 aliphatic heterocycles. The summed E-state index contributed by atoms with van der Waals surface area (Å²) in [5.41, 5.74) is 0.601. The third-order valence-corrected chi connectivity index (χ3v) is 3.20. The van der Waals surface area contributed by atoms with Crippen molar-refractivity contribution in [3.05, 3.63) is 34.3 Å². The van der Waals surface area contributed by atoms with Crippen molar-refractivity contribution in [3.63, 3.8) is 0 Å². The zero-order valence-corrected chi connectivity index (χ0v) is 8.75. The monoisotopic (exact) mass is 242 g/mol. The molecule has 0 radical (unpaired) electrons. The SMILES string of the molecule is OCC1(c2ccccc2Br)CCO1. The molecular weight excluding hydrogens is 232 g/mol. The number of rotatable bonds is 2. The van der Waals surface area contributed by atoms with E-state index in [1.807, 2.05) is 24.3 Å². The summed E-state index contributed by atoms with van der Waals surface area (Å²) in [7, 11) is 0. The van der Waals surface area contributed by atoms with Gasteiger partial charge in [0, 0.05) is 16.5 Å². The Morgan fingerprint density at radius 3 is 2.62 bits per heavy atom. The van der Waals surface area contributed by atoms with Gasteiger partial charge in [0.15, 0.2) is 0 Å². The first-order valence-electron chi connectivity index (χ1n) is 4.28. The summed E-state index contributed by atoms with van der Waals surface area (Å²) in [5, 5.41) is 9.27. The van der Waals surface area contributed by atoms with Crippen LogP contribution in [0.2, 0.25) is 0 Å². The fourth-order valence-electron chi connectivity index (χ4n) is 1.60. The predicted molar refractivity (Wildman–Crippen MR) is 53.5 cm³/mol. The second kappa shape index (κ2) is 3.40. The molecule has 1 aromatic carbocycles. The van der Waals surface area contributed by atoms with E-state index in [9.17, 15) is 5.11 Å². The molecule has 2 rings (SSSR count). The number of hydrogen-bond acceptors (Lipinski definition) is 2. The first kappa shape index (κ1) is 9.19. The first-order valence-corrected chi connectivity index (χ1v) is 5.08. The maximum Gasteiger partial charge on any atom is 0.119 e. The molecule has 1 N–H and O–H groups in total. The molecule has 0 saturated carbocycles. The topological polar surface area (TPSA) is 29.5 Å². The average Bonchev–Trinajstić information content (AvgIpc) is 2.07. The van der Waals surface area contributed by atoms with E-state index < -0.39 is 5.60 Å². The van der Waals surface area contributed by atoms with Crippen molar-refractivity contribution in [2.75, 3.05) is 13.2 Å². The van der Waals surface area contributed by atoms with Gasteiger partial charge in [-0.1, -0.05) is 34.1 Å². The lowest BCUT2D eigenvalue weighted by Crippen LogP contribution is -2.44. The van der Waals surface area contributed by atoms with E-state index >= 15 is 0 Å². The van der Waals surface area contributed by atoms with Gasteiger partial charge in [0.1, 0.15) is 5.60 Å². The second-order valence-electron chi connectivity index (χ2n) is 3.23. The van der Waals surface area contributed by atoms with Gasteiger partial charge in [-0.15, -0.1) is 0 Å². The summed E-state index contributed by atoms with van der Waals surface area (Å²) >= 11 is 3.46. The molecule has 2 nitrogen and oxygen atoms in total. The summed E-state index contributed by atoms with van der Waals surface area (Å²) in [5.74, 6) is 0. The number of hydrogen-bond donors (Lipinski definition) is 1. The minimum absolute atomic E-state index is 0.0512. The van der Waals surface area contributed by atoms with Gasteiger partial charge >= 0.3 is 0 Å². The molecule has 1 fully saturated rings. The van der Waals surface area contributed by atoms with Crippen LogP contribution in [0.5, 0.6) is 0 Å². The van der Waals surface area contributed by atoms with E-state index in [0.717, 1.165) is 23.1 Å². The molecule has 1 heterocycles. The fourth-order valence-corrected chi connectivity index (χ4v) is 2.25. The largest absolute Gasteiger partial charge is 0.393 e. The van der Waals surface area contributed by atoms with Crippen molar-refractivity contribution in [2.24, 2.45) is 0 Å². The Labute approximate surface area is 85.7 Å². The maximum atomic E-state index is 9.27. The lowest BCUT2D eigenvalue weighted by atomic mass is 9.87. The van der Waals surface area contributed by atoms with Crippen LogP contribution in [0.25, 0.3) is 0 Å². The van der Waals surface area contributed by atoms with Crippen molar-refractivity contribution >= 4 is 15.9 Å². The standard InChI is InChI=1S/C10H11BrO2/c11-9-4-2-1-3-8(9)10(7-12)5-6-13-10/h1-4,12H,5-7H2. The van der Waals surface area contributed by atoms with Gasteiger partial charge in [-0.05, 0) is 6.07 Å². The number of aliphatic hydroxyl groups excluding tert-OH is 1. The van der Waals surface area contributed by atoms with Crippen LogP contribution in [-0.2, 0) is 10.3 Å². The molecule has 13 heavy (non-hydrogen) atoms. The summed E-state index contributed by atoms with van der Waals surface area (Å²) < 4.78 is 6.46. The van der Waals surface area contributed by atoms with Crippen LogP contribution in [0, 0.1) is 0 Å². The highest BCUT2D eigenvalue weighted by molar-refractivity contribution is 9.10. The smallest absolute Gasteiger partial charge is 0.119 e. The van der Waals surface area contributed by atoms with E-state index in [0.29, 0.717) is 0 Å². The zero-order valence-electron chi connectivity index (χ0n) is 7.16. The minimum Gasteiger partial charge on any atom is -0.393 e. The molecule has 1 unspecified atom stereocenters. The molecular formula is C10H11BrO2. The Bertz CT molecular complexity index is 302. The zero-order chi connectivity index (χ0) is 9.31. The van der Waals surface area contributed by atoms with Crippen molar-refractivity contribution < 1.29 is 9.84 Å². The Morgan fingerprint density at radius 1 is 1.46 bits per heavy atom. The third-order valence-electron chi connectivity index (χ3n) is 2.50. The van der Waals surface area contributed by atoms with Crippen molar-refractivity contribution in [2.45, 2.75) is 12.0 Å². The summed E-state index contributed by atoms with van der Waals surface area (Å²) in [6, 6.07) is 7.87. The number of benzene rings is 1. The van der Waals surface area contributed by atoms with E-state index in [2.05, 4.69) is 15.9 Å².